The normalized spacial score (nSPS) is 16.7. The Bertz CT molecular complexity index is 1290. The first-order valence-electron chi connectivity index (χ1n) is 10.5. The van der Waals surface area contributed by atoms with Crippen molar-refractivity contribution >= 4 is 44.8 Å². The van der Waals surface area contributed by atoms with Crippen LogP contribution in [0.2, 0.25) is 0 Å². The molecule has 36 heavy (non-hydrogen) atoms. The standard InChI is InChI=1S/C21H21F2N5O6S2/c1-2-34-20(31)26-13-3-5-15(6-4-13)36(32,33)11-17-27-16(10-35-17)19(30)25-9-18(29)28-12-21(22,23)7-14(28)8-24/h3-6,10,14H,2,7,9,11-12H2,1H3,(H,25,30)(H,26,31)/t14-/m0/s1. The molecule has 2 N–H and O–H groups in total. The summed E-state index contributed by atoms with van der Waals surface area (Å²) in [5.41, 5.74) is 0.199. The van der Waals surface area contributed by atoms with Crippen molar-refractivity contribution < 1.29 is 36.3 Å². The fourth-order valence-corrected chi connectivity index (χ4v) is 5.70. The van der Waals surface area contributed by atoms with Gasteiger partial charge in [0.05, 0.1) is 30.7 Å². The van der Waals surface area contributed by atoms with Gasteiger partial charge in [0.25, 0.3) is 11.8 Å². The van der Waals surface area contributed by atoms with E-state index in [-0.39, 0.29) is 22.2 Å². The second-order valence-electron chi connectivity index (χ2n) is 7.66. The lowest BCUT2D eigenvalue weighted by Gasteiger charge is -2.19. The molecule has 2 aromatic rings. The molecule has 15 heteroatoms. The number of amides is 3. The molecule has 0 spiro atoms. The van der Waals surface area contributed by atoms with Crippen LogP contribution in [0, 0.1) is 11.3 Å². The Morgan fingerprint density at radius 2 is 2.00 bits per heavy atom. The van der Waals surface area contributed by atoms with Crippen molar-refractivity contribution in [3.8, 4) is 6.07 Å². The van der Waals surface area contributed by atoms with E-state index in [0.29, 0.717) is 10.6 Å². The Morgan fingerprint density at radius 3 is 2.64 bits per heavy atom. The van der Waals surface area contributed by atoms with Crippen molar-refractivity contribution in [1.29, 1.82) is 5.26 Å². The van der Waals surface area contributed by atoms with Gasteiger partial charge in [-0.25, -0.2) is 27.0 Å². The van der Waals surface area contributed by atoms with E-state index in [1.54, 1.807) is 13.0 Å². The number of nitriles is 1. The number of carbonyl (C=O) groups is 3. The molecule has 11 nitrogen and oxygen atoms in total. The number of aromatic nitrogens is 1. The van der Waals surface area contributed by atoms with Crippen LogP contribution in [-0.4, -0.2) is 67.9 Å². The van der Waals surface area contributed by atoms with Crippen LogP contribution in [0.3, 0.4) is 0 Å². The Hall–Kier alpha value is -3.64. The number of nitrogens with one attached hydrogen (secondary N) is 2. The lowest BCUT2D eigenvalue weighted by atomic mass is 10.2. The molecule has 0 bridgehead atoms. The molecule has 1 aliphatic heterocycles. The topological polar surface area (TPSA) is 159 Å². The van der Waals surface area contributed by atoms with Crippen molar-refractivity contribution in [2.24, 2.45) is 0 Å². The molecule has 0 saturated carbocycles. The highest BCUT2D eigenvalue weighted by molar-refractivity contribution is 7.90. The molecule has 3 rings (SSSR count). The van der Waals surface area contributed by atoms with E-state index in [2.05, 4.69) is 15.6 Å². The van der Waals surface area contributed by atoms with Crippen LogP contribution in [0.4, 0.5) is 19.3 Å². The predicted molar refractivity (Wildman–Crippen MR) is 123 cm³/mol. The summed E-state index contributed by atoms with van der Waals surface area (Å²) in [6.07, 6.45) is -1.44. The Labute approximate surface area is 209 Å². The van der Waals surface area contributed by atoms with E-state index < -0.39 is 65.0 Å². The van der Waals surface area contributed by atoms with E-state index >= 15 is 0 Å². The lowest BCUT2D eigenvalue weighted by molar-refractivity contribution is -0.131. The number of hydrogen-bond acceptors (Lipinski definition) is 9. The third-order valence-corrected chi connectivity index (χ3v) is 7.65. The number of rotatable bonds is 8. The van der Waals surface area contributed by atoms with Gasteiger partial charge in [-0.1, -0.05) is 0 Å². The third-order valence-electron chi connectivity index (χ3n) is 4.97. The highest BCUT2D eigenvalue weighted by Gasteiger charge is 2.47. The minimum Gasteiger partial charge on any atom is -0.450 e. The van der Waals surface area contributed by atoms with Crippen LogP contribution in [0.5, 0.6) is 0 Å². The van der Waals surface area contributed by atoms with Gasteiger partial charge in [0.15, 0.2) is 9.84 Å². The van der Waals surface area contributed by atoms with Gasteiger partial charge < -0.3 is 15.0 Å². The Kier molecular flexibility index (Phi) is 8.21. The van der Waals surface area contributed by atoms with Gasteiger partial charge in [0.1, 0.15) is 22.5 Å². The first-order chi connectivity index (χ1) is 16.9. The summed E-state index contributed by atoms with van der Waals surface area (Å²) in [6, 6.07) is 5.77. The largest absolute Gasteiger partial charge is 0.450 e. The van der Waals surface area contributed by atoms with Crippen LogP contribution >= 0.6 is 11.3 Å². The molecule has 1 aliphatic rings. The zero-order valence-electron chi connectivity index (χ0n) is 18.9. The number of hydrogen-bond donors (Lipinski definition) is 2. The molecule has 0 aliphatic carbocycles. The van der Waals surface area contributed by atoms with Crippen LogP contribution in [0.25, 0.3) is 0 Å². The summed E-state index contributed by atoms with van der Waals surface area (Å²) in [7, 11) is -3.83. The van der Waals surface area contributed by atoms with Crippen molar-refractivity contribution in [1.82, 2.24) is 15.2 Å². The molecule has 1 aromatic carbocycles. The molecular formula is C21H21F2N5O6S2. The van der Waals surface area contributed by atoms with Crippen molar-refractivity contribution in [2.45, 2.75) is 36.0 Å². The first-order valence-corrected chi connectivity index (χ1v) is 13.0. The second kappa shape index (κ2) is 11.0. The maximum atomic E-state index is 13.5. The molecule has 0 unspecified atom stereocenters. The lowest BCUT2D eigenvalue weighted by Crippen LogP contribution is -2.43. The summed E-state index contributed by atoms with van der Waals surface area (Å²) in [5, 5.41) is 15.1. The Balaban J connectivity index is 1.57. The minimum atomic E-state index is -3.83. The number of likely N-dealkylation sites (tertiary alicyclic amines) is 1. The Morgan fingerprint density at radius 1 is 1.31 bits per heavy atom. The minimum absolute atomic E-state index is 0.0295. The number of sulfone groups is 1. The van der Waals surface area contributed by atoms with Crippen LogP contribution in [0.1, 0.15) is 28.8 Å². The molecule has 1 atom stereocenters. The van der Waals surface area contributed by atoms with Crippen molar-refractivity contribution in [3.05, 3.63) is 40.3 Å². The fraction of sp³-hybridized carbons (Fsp3) is 0.381. The molecule has 2 heterocycles. The first kappa shape index (κ1) is 27.0. The van der Waals surface area contributed by atoms with Gasteiger partial charge in [-0.3, -0.25) is 14.9 Å². The van der Waals surface area contributed by atoms with Gasteiger partial charge in [0.2, 0.25) is 5.91 Å². The van der Waals surface area contributed by atoms with Gasteiger partial charge in [-0.2, -0.15) is 5.26 Å². The van der Waals surface area contributed by atoms with Crippen LogP contribution in [0.15, 0.2) is 34.5 Å². The summed E-state index contributed by atoms with van der Waals surface area (Å²) in [6.45, 7) is 0.302. The quantitative estimate of drug-likeness (QED) is 0.515. The molecule has 1 fully saturated rings. The summed E-state index contributed by atoms with van der Waals surface area (Å²) in [5.74, 6) is -5.31. The van der Waals surface area contributed by atoms with Gasteiger partial charge in [0, 0.05) is 17.5 Å². The van der Waals surface area contributed by atoms with Crippen LogP contribution < -0.4 is 10.6 Å². The monoisotopic (exact) mass is 541 g/mol. The zero-order valence-corrected chi connectivity index (χ0v) is 20.5. The number of nitrogens with zero attached hydrogens (tertiary/aromatic N) is 3. The van der Waals surface area contributed by atoms with E-state index in [1.807, 2.05) is 0 Å². The molecule has 0 radical (unpaired) electrons. The molecule has 192 valence electrons. The van der Waals surface area contributed by atoms with Crippen molar-refractivity contribution in [2.75, 3.05) is 25.0 Å². The van der Waals surface area contributed by atoms with E-state index in [4.69, 9.17) is 10.00 Å². The molecular weight excluding hydrogens is 520 g/mol. The number of ether oxygens (including phenoxy) is 1. The maximum absolute atomic E-state index is 13.5. The highest BCUT2D eigenvalue weighted by Crippen LogP contribution is 2.31. The zero-order chi connectivity index (χ0) is 26.5. The predicted octanol–water partition coefficient (Wildman–Crippen LogP) is 2.17. The number of halogens is 2. The summed E-state index contributed by atoms with van der Waals surface area (Å²) >= 11 is 0.918. The average molecular weight is 542 g/mol. The number of thiazole rings is 1. The molecule has 3 amide bonds. The molecule has 1 saturated heterocycles. The third kappa shape index (κ3) is 6.73. The van der Waals surface area contributed by atoms with Crippen molar-refractivity contribution in [3.63, 3.8) is 0 Å². The summed E-state index contributed by atoms with van der Waals surface area (Å²) in [4.78, 5) is 40.6. The van der Waals surface area contributed by atoms with Crippen LogP contribution in [-0.2, 0) is 25.1 Å². The van der Waals surface area contributed by atoms with Gasteiger partial charge in [-0.05, 0) is 31.2 Å². The van der Waals surface area contributed by atoms with Gasteiger partial charge in [-0.15, -0.1) is 11.3 Å². The highest BCUT2D eigenvalue weighted by atomic mass is 32.2. The van der Waals surface area contributed by atoms with E-state index in [9.17, 15) is 31.6 Å². The van der Waals surface area contributed by atoms with E-state index in [0.717, 1.165) is 11.3 Å². The average Bonchev–Trinajstić information content (AvgIpc) is 3.40. The second-order valence-corrected chi connectivity index (χ2v) is 10.6. The van der Waals surface area contributed by atoms with E-state index in [1.165, 1.54) is 29.6 Å². The number of alkyl halides is 2. The molecule has 1 aromatic heterocycles. The number of carbonyl (C=O) groups excluding carboxylic acids is 3. The maximum Gasteiger partial charge on any atom is 0.411 e. The SMILES string of the molecule is CCOC(=O)Nc1ccc(S(=O)(=O)Cc2nc(C(=O)NCC(=O)N3CC(F)(F)C[C@H]3C#N)cs2)cc1. The van der Waals surface area contributed by atoms with Gasteiger partial charge >= 0.3 is 6.09 Å². The smallest absolute Gasteiger partial charge is 0.411 e. The number of benzene rings is 1. The summed E-state index contributed by atoms with van der Waals surface area (Å²) < 4.78 is 57.2. The number of anilines is 1. The fourth-order valence-electron chi connectivity index (χ4n) is 3.30.